The van der Waals surface area contributed by atoms with Gasteiger partial charge in [-0.3, -0.25) is 10.1 Å². The zero-order valence-corrected chi connectivity index (χ0v) is 8.44. The summed E-state index contributed by atoms with van der Waals surface area (Å²) in [7, 11) is 0. The number of nitrogens with one attached hydrogen (secondary N) is 1. The second-order valence-corrected chi connectivity index (χ2v) is 3.06. The minimum Gasteiger partial charge on any atom is -0.301 e. The van der Waals surface area contributed by atoms with Gasteiger partial charge in [0.25, 0.3) is 5.69 Å². The van der Waals surface area contributed by atoms with Crippen LogP contribution < -0.4 is 5.43 Å². The van der Waals surface area contributed by atoms with Crippen molar-refractivity contribution < 1.29 is 18.1 Å². The summed E-state index contributed by atoms with van der Waals surface area (Å²) in [5.41, 5.74) is 2.19. The highest BCUT2D eigenvalue weighted by molar-refractivity contribution is 5.79. The Balaban J connectivity index is 2.52. The van der Waals surface area contributed by atoms with Crippen LogP contribution in [-0.2, 0) is 0 Å². The molecule has 1 aromatic carbocycles. The van der Waals surface area contributed by atoms with Gasteiger partial charge in [-0.1, -0.05) is 0 Å². The Labute approximate surface area is 94.1 Å². The number of benzene rings is 1. The van der Waals surface area contributed by atoms with E-state index in [0.29, 0.717) is 5.56 Å². The summed E-state index contributed by atoms with van der Waals surface area (Å²) in [6.45, 7) is -1.23. The zero-order chi connectivity index (χ0) is 12.9. The van der Waals surface area contributed by atoms with Crippen molar-refractivity contribution in [3.05, 3.63) is 39.9 Å². The third-order valence-electron chi connectivity index (χ3n) is 1.69. The van der Waals surface area contributed by atoms with Gasteiger partial charge in [0.15, 0.2) is 0 Å². The molecule has 0 aliphatic heterocycles. The van der Waals surface area contributed by atoms with Crippen molar-refractivity contribution in [2.24, 2.45) is 5.10 Å². The lowest BCUT2D eigenvalue weighted by atomic mass is 10.2. The Morgan fingerprint density at radius 2 is 1.94 bits per heavy atom. The van der Waals surface area contributed by atoms with E-state index in [-0.39, 0.29) is 5.69 Å². The van der Waals surface area contributed by atoms with Crippen LogP contribution in [0.1, 0.15) is 5.56 Å². The second-order valence-electron chi connectivity index (χ2n) is 3.06. The quantitative estimate of drug-likeness (QED) is 0.503. The smallest absolute Gasteiger partial charge is 0.301 e. The van der Waals surface area contributed by atoms with E-state index < -0.39 is 17.6 Å². The molecule has 0 saturated carbocycles. The van der Waals surface area contributed by atoms with Crippen LogP contribution in [0.25, 0.3) is 0 Å². The lowest BCUT2D eigenvalue weighted by molar-refractivity contribution is -0.384. The fraction of sp³-hybridized carbons (Fsp3) is 0.222. The molecular formula is C9H8F3N3O2. The number of hydrogen-bond donors (Lipinski definition) is 1. The predicted octanol–water partition coefficient (Wildman–Crippen LogP) is 2.08. The SMILES string of the molecule is O=[N+]([O-])c1ccc(/C=N/NCC(F)(F)F)cc1. The van der Waals surface area contributed by atoms with Gasteiger partial charge in [0.1, 0.15) is 6.54 Å². The highest BCUT2D eigenvalue weighted by Gasteiger charge is 2.26. The molecule has 0 saturated heterocycles. The molecule has 0 aliphatic carbocycles. The molecule has 1 aromatic rings. The Hall–Kier alpha value is -2.12. The molecule has 17 heavy (non-hydrogen) atoms. The van der Waals surface area contributed by atoms with E-state index in [4.69, 9.17) is 0 Å². The van der Waals surface area contributed by atoms with Gasteiger partial charge in [-0.15, -0.1) is 0 Å². The molecule has 0 bridgehead atoms. The number of alkyl halides is 3. The van der Waals surface area contributed by atoms with Gasteiger partial charge in [0.2, 0.25) is 0 Å². The first-order valence-electron chi connectivity index (χ1n) is 4.45. The van der Waals surface area contributed by atoms with E-state index in [1.54, 1.807) is 0 Å². The van der Waals surface area contributed by atoms with Crippen molar-refractivity contribution in [3.63, 3.8) is 0 Å². The molecule has 0 fully saturated rings. The number of hydrazone groups is 1. The van der Waals surface area contributed by atoms with E-state index in [1.165, 1.54) is 24.3 Å². The molecule has 1 rings (SSSR count). The van der Waals surface area contributed by atoms with Crippen LogP contribution >= 0.6 is 0 Å². The average molecular weight is 247 g/mol. The number of halogens is 3. The van der Waals surface area contributed by atoms with E-state index in [2.05, 4.69) is 5.10 Å². The number of non-ortho nitro benzene ring substituents is 1. The average Bonchev–Trinajstić information content (AvgIpc) is 2.24. The maximum absolute atomic E-state index is 11.7. The second kappa shape index (κ2) is 5.28. The molecule has 0 atom stereocenters. The molecule has 0 heterocycles. The summed E-state index contributed by atoms with van der Waals surface area (Å²) in [6.07, 6.45) is -3.18. The van der Waals surface area contributed by atoms with Gasteiger partial charge < -0.3 is 5.43 Å². The first-order valence-corrected chi connectivity index (χ1v) is 4.45. The van der Waals surface area contributed by atoms with Gasteiger partial charge in [-0.25, -0.2) is 0 Å². The fourth-order valence-corrected chi connectivity index (χ4v) is 0.938. The van der Waals surface area contributed by atoms with Crippen molar-refractivity contribution in [2.75, 3.05) is 6.54 Å². The van der Waals surface area contributed by atoms with Crippen LogP contribution in [0.3, 0.4) is 0 Å². The molecular weight excluding hydrogens is 239 g/mol. The van der Waals surface area contributed by atoms with E-state index in [0.717, 1.165) is 6.21 Å². The summed E-state index contributed by atoms with van der Waals surface area (Å²) >= 11 is 0. The van der Waals surface area contributed by atoms with Crippen molar-refractivity contribution in [3.8, 4) is 0 Å². The van der Waals surface area contributed by atoms with Crippen LogP contribution in [-0.4, -0.2) is 23.9 Å². The lowest BCUT2D eigenvalue weighted by Gasteiger charge is -2.03. The minimum atomic E-state index is -4.33. The largest absolute Gasteiger partial charge is 0.407 e. The Morgan fingerprint density at radius 1 is 1.35 bits per heavy atom. The molecule has 8 heteroatoms. The Kier molecular flexibility index (Phi) is 4.02. The van der Waals surface area contributed by atoms with Gasteiger partial charge in [-0.05, 0) is 17.7 Å². The topological polar surface area (TPSA) is 67.5 Å². The molecule has 0 spiro atoms. The van der Waals surface area contributed by atoms with Gasteiger partial charge in [0.05, 0.1) is 11.1 Å². The molecule has 5 nitrogen and oxygen atoms in total. The minimum absolute atomic E-state index is 0.0922. The van der Waals surface area contributed by atoms with Crippen LogP contribution in [0.5, 0.6) is 0 Å². The van der Waals surface area contributed by atoms with E-state index >= 15 is 0 Å². The number of hydrogen-bond acceptors (Lipinski definition) is 4. The van der Waals surface area contributed by atoms with Crippen molar-refractivity contribution in [2.45, 2.75) is 6.18 Å². The lowest BCUT2D eigenvalue weighted by Crippen LogP contribution is -2.24. The summed E-state index contributed by atoms with van der Waals surface area (Å²) < 4.78 is 35.1. The van der Waals surface area contributed by atoms with Crippen molar-refractivity contribution in [1.82, 2.24) is 5.43 Å². The molecule has 0 aromatic heterocycles. The normalized spacial score (nSPS) is 11.7. The molecule has 0 aliphatic rings. The predicted molar refractivity (Wildman–Crippen MR) is 54.7 cm³/mol. The maximum atomic E-state index is 11.7. The number of rotatable bonds is 4. The number of nitro groups is 1. The fourth-order valence-electron chi connectivity index (χ4n) is 0.938. The summed E-state index contributed by atoms with van der Waals surface area (Å²) in [5.74, 6) is 0. The molecule has 0 radical (unpaired) electrons. The molecule has 92 valence electrons. The Bertz CT molecular complexity index is 414. The van der Waals surface area contributed by atoms with E-state index in [1.807, 2.05) is 5.43 Å². The first kappa shape index (κ1) is 12.9. The number of nitrogens with zero attached hydrogens (tertiary/aromatic N) is 2. The maximum Gasteiger partial charge on any atom is 0.407 e. The standard InChI is InChI=1S/C9H8F3N3O2/c10-9(11,12)6-14-13-5-7-1-3-8(4-2-7)15(16)17/h1-5,14H,6H2/b13-5+. The molecule has 0 amide bonds. The van der Waals surface area contributed by atoms with Crippen LogP contribution in [0.2, 0.25) is 0 Å². The van der Waals surface area contributed by atoms with Gasteiger partial charge in [-0.2, -0.15) is 18.3 Å². The van der Waals surface area contributed by atoms with Gasteiger partial charge >= 0.3 is 6.18 Å². The number of nitro benzene ring substituents is 1. The van der Waals surface area contributed by atoms with Crippen molar-refractivity contribution >= 4 is 11.9 Å². The van der Waals surface area contributed by atoms with Crippen LogP contribution in [0.4, 0.5) is 18.9 Å². The third kappa shape index (κ3) is 4.96. The summed E-state index contributed by atoms with van der Waals surface area (Å²) in [5, 5.41) is 13.7. The van der Waals surface area contributed by atoms with E-state index in [9.17, 15) is 23.3 Å². The Morgan fingerprint density at radius 3 is 2.41 bits per heavy atom. The van der Waals surface area contributed by atoms with Crippen molar-refractivity contribution in [1.29, 1.82) is 0 Å². The highest BCUT2D eigenvalue weighted by atomic mass is 19.4. The van der Waals surface area contributed by atoms with Crippen LogP contribution in [0.15, 0.2) is 29.4 Å². The zero-order valence-electron chi connectivity index (χ0n) is 8.44. The third-order valence-corrected chi connectivity index (χ3v) is 1.69. The summed E-state index contributed by atoms with van der Waals surface area (Å²) in [6, 6.07) is 5.25. The van der Waals surface area contributed by atoms with Gasteiger partial charge in [0, 0.05) is 12.1 Å². The highest BCUT2D eigenvalue weighted by Crippen LogP contribution is 2.12. The monoisotopic (exact) mass is 247 g/mol. The first-order chi connectivity index (χ1) is 7.88. The molecule has 1 N–H and O–H groups in total. The summed E-state index contributed by atoms with van der Waals surface area (Å²) in [4.78, 5) is 9.75. The molecule has 0 unspecified atom stereocenters. The van der Waals surface area contributed by atoms with Crippen LogP contribution in [0, 0.1) is 10.1 Å².